The van der Waals surface area contributed by atoms with Crippen LogP contribution in [-0.4, -0.2) is 35.4 Å². The number of likely N-dealkylation sites (N-methyl/N-ethyl adjacent to an activating group) is 1. The molecule has 0 heterocycles. The zero-order valence-electron chi connectivity index (χ0n) is 14.8. The predicted molar refractivity (Wildman–Crippen MR) is 95.5 cm³/mol. The van der Waals surface area contributed by atoms with Crippen LogP contribution in [0.25, 0.3) is 0 Å². The molecule has 0 aliphatic rings. The molecule has 26 heavy (non-hydrogen) atoms. The van der Waals surface area contributed by atoms with Crippen LogP contribution < -0.4 is 12.4 Å². The monoisotopic (exact) mass is 377 g/mol. The Balaban J connectivity index is 0.00000338. The Morgan fingerprint density at radius 1 is 1.08 bits per heavy atom. The number of nitro benzene ring substituents is 1. The molecule has 0 bridgehead atoms. The highest BCUT2D eigenvalue weighted by atomic mass is 35.5. The summed E-state index contributed by atoms with van der Waals surface area (Å²) < 4.78 is 5.71. The van der Waals surface area contributed by atoms with E-state index >= 15 is 0 Å². The molecule has 0 aliphatic carbocycles. The number of nitrogens with zero attached hydrogens (tertiary/aromatic N) is 2. The average Bonchev–Trinajstić information content (AvgIpc) is 2.65. The molecule has 0 spiro atoms. The van der Waals surface area contributed by atoms with Gasteiger partial charge in [-0.2, -0.15) is 0 Å². The van der Waals surface area contributed by atoms with Crippen LogP contribution in [-0.2, 0) is 4.74 Å². The summed E-state index contributed by atoms with van der Waals surface area (Å²) in [5, 5.41) is 10.7. The van der Waals surface area contributed by atoms with Crippen molar-refractivity contribution in [3.63, 3.8) is 0 Å². The molecule has 2 aromatic rings. The first-order valence-corrected chi connectivity index (χ1v) is 8.27. The summed E-state index contributed by atoms with van der Waals surface area (Å²) in [6.07, 6.45) is -0.399. The van der Waals surface area contributed by atoms with Gasteiger partial charge in [-0.1, -0.05) is 44.2 Å². The molecule has 0 aliphatic heterocycles. The molecule has 0 saturated heterocycles. The van der Waals surface area contributed by atoms with Crippen molar-refractivity contribution in [1.29, 1.82) is 0 Å². The molecule has 7 heteroatoms. The van der Waals surface area contributed by atoms with Gasteiger partial charge in [-0.3, -0.25) is 15.0 Å². The molecule has 0 saturated carbocycles. The van der Waals surface area contributed by atoms with Gasteiger partial charge in [0.25, 0.3) is 5.69 Å². The van der Waals surface area contributed by atoms with E-state index in [1.54, 1.807) is 0 Å². The van der Waals surface area contributed by atoms with Crippen LogP contribution >= 0.6 is 0 Å². The molecule has 140 valence electrons. The van der Waals surface area contributed by atoms with Crippen molar-refractivity contribution in [2.24, 2.45) is 0 Å². The summed E-state index contributed by atoms with van der Waals surface area (Å²) in [4.78, 5) is 24.9. The van der Waals surface area contributed by atoms with Crippen LogP contribution in [0.3, 0.4) is 0 Å². The summed E-state index contributed by atoms with van der Waals surface area (Å²) in [5.74, 6) is -0.490. The second kappa shape index (κ2) is 10.5. The third kappa shape index (κ3) is 5.82. The molecule has 0 fully saturated rings. The Morgan fingerprint density at radius 3 is 2.15 bits per heavy atom. The standard InChI is InChI=1S/C19H22N2O4.ClH/c1-3-20(4-2)14-18(15-8-6-5-7-9-15)25-19(22)16-10-12-17(13-11-16)21(23)24;/h5-13,18H,3-4,14H2,1-2H3;1H/p-1. The average molecular weight is 378 g/mol. The highest BCUT2D eigenvalue weighted by molar-refractivity contribution is 5.89. The van der Waals surface area contributed by atoms with Crippen molar-refractivity contribution in [2.45, 2.75) is 20.0 Å². The first-order chi connectivity index (χ1) is 12.0. The van der Waals surface area contributed by atoms with E-state index < -0.39 is 17.0 Å². The number of hydrogen-bond donors (Lipinski definition) is 0. The lowest BCUT2D eigenvalue weighted by Crippen LogP contribution is -3.00. The van der Waals surface area contributed by atoms with Gasteiger partial charge >= 0.3 is 5.97 Å². The second-order valence-corrected chi connectivity index (χ2v) is 5.59. The smallest absolute Gasteiger partial charge is 0.338 e. The summed E-state index contributed by atoms with van der Waals surface area (Å²) in [6, 6.07) is 15.0. The van der Waals surface area contributed by atoms with Gasteiger partial charge in [0, 0.05) is 18.7 Å². The van der Waals surface area contributed by atoms with Crippen molar-refractivity contribution in [2.75, 3.05) is 19.6 Å². The Kier molecular flexibility index (Phi) is 8.75. The number of ether oxygens (including phenoxy) is 1. The van der Waals surface area contributed by atoms with E-state index in [-0.39, 0.29) is 18.1 Å². The van der Waals surface area contributed by atoms with E-state index in [0.717, 1.165) is 18.7 Å². The van der Waals surface area contributed by atoms with Gasteiger partial charge in [0.1, 0.15) is 6.10 Å². The minimum absolute atomic E-state index is 0. The number of nitro groups is 1. The fraction of sp³-hybridized carbons (Fsp3) is 0.316. The predicted octanol–water partition coefficient (Wildman–Crippen LogP) is 0.839. The van der Waals surface area contributed by atoms with Gasteiger partial charge in [0.2, 0.25) is 0 Å². The number of rotatable bonds is 8. The fourth-order valence-corrected chi connectivity index (χ4v) is 2.51. The van der Waals surface area contributed by atoms with Gasteiger partial charge in [-0.05, 0) is 30.8 Å². The minimum atomic E-state index is -0.498. The van der Waals surface area contributed by atoms with E-state index in [0.29, 0.717) is 12.1 Å². The maximum absolute atomic E-state index is 12.5. The van der Waals surface area contributed by atoms with E-state index in [4.69, 9.17) is 4.74 Å². The summed E-state index contributed by atoms with van der Waals surface area (Å²) in [7, 11) is 0. The molecule has 0 amide bonds. The number of halogens is 1. The van der Waals surface area contributed by atoms with Crippen molar-refractivity contribution in [1.82, 2.24) is 4.90 Å². The Hall–Kier alpha value is -2.44. The molecular weight excluding hydrogens is 356 g/mol. The molecule has 1 unspecified atom stereocenters. The number of carbonyl (C=O) groups is 1. The molecule has 1 atom stereocenters. The SMILES string of the molecule is CCN(CC)CC(OC(=O)c1ccc([N+](=O)[O-])cc1)c1ccccc1.[Cl-]. The minimum Gasteiger partial charge on any atom is -1.00 e. The Morgan fingerprint density at radius 2 is 1.65 bits per heavy atom. The Bertz CT molecular complexity index is 703. The number of benzene rings is 2. The molecule has 6 nitrogen and oxygen atoms in total. The van der Waals surface area contributed by atoms with E-state index in [1.165, 1.54) is 24.3 Å². The third-order valence-electron chi connectivity index (χ3n) is 4.05. The topological polar surface area (TPSA) is 72.7 Å². The van der Waals surface area contributed by atoms with Crippen LogP contribution in [0.4, 0.5) is 5.69 Å². The molecule has 2 rings (SSSR count). The van der Waals surface area contributed by atoms with Crippen LogP contribution in [0.15, 0.2) is 54.6 Å². The second-order valence-electron chi connectivity index (χ2n) is 5.59. The van der Waals surface area contributed by atoms with Crippen molar-refractivity contribution < 1.29 is 26.9 Å². The molecule has 2 aromatic carbocycles. The zero-order chi connectivity index (χ0) is 18.2. The van der Waals surface area contributed by atoms with Crippen LogP contribution in [0, 0.1) is 10.1 Å². The van der Waals surface area contributed by atoms with E-state index in [2.05, 4.69) is 18.7 Å². The first kappa shape index (κ1) is 21.6. The number of carbonyl (C=O) groups excluding carboxylic acids is 1. The zero-order valence-corrected chi connectivity index (χ0v) is 15.6. The van der Waals surface area contributed by atoms with Crippen molar-refractivity contribution >= 4 is 11.7 Å². The molecule has 0 radical (unpaired) electrons. The quantitative estimate of drug-likeness (QED) is 0.387. The molecule has 0 aromatic heterocycles. The van der Waals surface area contributed by atoms with Gasteiger partial charge in [0.05, 0.1) is 10.5 Å². The Labute approximate surface area is 159 Å². The normalized spacial score (nSPS) is 11.5. The molecule has 0 N–H and O–H groups in total. The lowest BCUT2D eigenvalue weighted by molar-refractivity contribution is -0.384. The fourth-order valence-electron chi connectivity index (χ4n) is 2.51. The van der Waals surface area contributed by atoms with Crippen LogP contribution in [0.5, 0.6) is 0 Å². The van der Waals surface area contributed by atoms with E-state index in [9.17, 15) is 14.9 Å². The van der Waals surface area contributed by atoms with Crippen molar-refractivity contribution in [3.05, 3.63) is 75.8 Å². The van der Waals surface area contributed by atoms with Gasteiger partial charge in [0.15, 0.2) is 0 Å². The number of esters is 1. The summed E-state index contributed by atoms with van der Waals surface area (Å²) >= 11 is 0. The van der Waals surface area contributed by atoms with Gasteiger partial charge in [-0.25, -0.2) is 4.79 Å². The maximum Gasteiger partial charge on any atom is 0.338 e. The summed E-state index contributed by atoms with van der Waals surface area (Å²) in [5.41, 5.74) is 1.16. The lowest BCUT2D eigenvalue weighted by Gasteiger charge is -2.25. The summed E-state index contributed by atoms with van der Waals surface area (Å²) in [6.45, 7) is 6.42. The van der Waals surface area contributed by atoms with Gasteiger partial charge in [-0.15, -0.1) is 0 Å². The highest BCUT2D eigenvalue weighted by Crippen LogP contribution is 2.21. The van der Waals surface area contributed by atoms with E-state index in [1.807, 2.05) is 30.3 Å². The highest BCUT2D eigenvalue weighted by Gasteiger charge is 2.20. The molecular formula is C19H22ClN2O4-. The maximum atomic E-state index is 12.5. The van der Waals surface area contributed by atoms with Crippen LogP contribution in [0.2, 0.25) is 0 Å². The van der Waals surface area contributed by atoms with Crippen molar-refractivity contribution in [3.8, 4) is 0 Å². The number of hydrogen-bond acceptors (Lipinski definition) is 5. The van der Waals surface area contributed by atoms with Gasteiger partial charge < -0.3 is 17.1 Å². The van der Waals surface area contributed by atoms with Crippen LogP contribution in [0.1, 0.15) is 35.9 Å². The number of non-ortho nitro benzene ring substituents is 1. The third-order valence-corrected chi connectivity index (χ3v) is 4.05. The lowest BCUT2D eigenvalue weighted by atomic mass is 10.1. The largest absolute Gasteiger partial charge is 1.00 e. The first-order valence-electron chi connectivity index (χ1n) is 8.27.